The summed E-state index contributed by atoms with van der Waals surface area (Å²) < 4.78 is 27.2. The fourth-order valence-corrected chi connectivity index (χ4v) is 5.09. The van der Waals surface area contributed by atoms with E-state index in [1.807, 2.05) is 48.5 Å². The molecule has 0 bridgehead atoms. The van der Waals surface area contributed by atoms with Gasteiger partial charge in [0.25, 0.3) is 5.91 Å². The summed E-state index contributed by atoms with van der Waals surface area (Å²) in [5, 5.41) is 10.9. The number of carbonyl (C=O) groups is 1. The lowest BCUT2D eigenvalue weighted by molar-refractivity contribution is 0.0558. The fraction of sp³-hybridized carbons (Fsp3) is 0.241. The number of aromatic nitrogens is 1. The normalized spacial score (nSPS) is 12.8. The summed E-state index contributed by atoms with van der Waals surface area (Å²) in [7, 11) is 0. The Morgan fingerprint density at radius 3 is 2.46 bits per heavy atom. The van der Waals surface area contributed by atoms with Crippen LogP contribution in [-0.2, 0) is 19.4 Å². The molecule has 0 saturated heterocycles. The third kappa shape index (κ3) is 7.07. The van der Waals surface area contributed by atoms with Crippen LogP contribution in [0.3, 0.4) is 0 Å². The summed E-state index contributed by atoms with van der Waals surface area (Å²) >= 11 is 1.33. The Morgan fingerprint density at radius 1 is 1.00 bits per heavy atom. The molecule has 0 radical (unpaired) electrons. The molecule has 2 aromatic carbocycles. The minimum absolute atomic E-state index is 0.0367. The Kier molecular flexibility index (Phi) is 8.76. The van der Waals surface area contributed by atoms with Gasteiger partial charge in [0.15, 0.2) is 0 Å². The van der Waals surface area contributed by atoms with Gasteiger partial charge in [-0.25, -0.2) is 8.78 Å². The molecule has 1 amide bonds. The summed E-state index contributed by atoms with van der Waals surface area (Å²) in [5.74, 6) is -1.64. The molecule has 37 heavy (non-hydrogen) atoms. The van der Waals surface area contributed by atoms with E-state index in [0.717, 1.165) is 34.2 Å². The Balaban J connectivity index is 1.55. The van der Waals surface area contributed by atoms with Gasteiger partial charge in [-0.2, -0.15) is 0 Å². The summed E-state index contributed by atoms with van der Waals surface area (Å²) in [6.45, 7) is 2.30. The van der Waals surface area contributed by atoms with Gasteiger partial charge >= 0.3 is 0 Å². The smallest absolute Gasteiger partial charge is 0.264 e. The molecule has 2 aromatic heterocycles. The molecule has 0 fully saturated rings. The van der Waals surface area contributed by atoms with E-state index in [0.29, 0.717) is 10.4 Å². The number of carbonyl (C=O) groups excluding carboxylic acids is 1. The zero-order chi connectivity index (χ0) is 26.4. The van der Waals surface area contributed by atoms with Gasteiger partial charge in [-0.15, -0.1) is 11.3 Å². The summed E-state index contributed by atoms with van der Waals surface area (Å²) in [5.41, 5.74) is 9.41. The van der Waals surface area contributed by atoms with E-state index >= 15 is 0 Å². The predicted molar refractivity (Wildman–Crippen MR) is 142 cm³/mol. The number of amides is 1. The first-order chi connectivity index (χ1) is 17.8. The molecule has 0 spiro atoms. The minimum Gasteiger partial charge on any atom is -0.390 e. The number of aliphatic hydroxyl groups is 1. The van der Waals surface area contributed by atoms with Gasteiger partial charge in [0.05, 0.1) is 21.6 Å². The topological polar surface area (TPSA) is 79.5 Å². The van der Waals surface area contributed by atoms with Crippen LogP contribution in [-0.4, -0.2) is 39.6 Å². The van der Waals surface area contributed by atoms with Crippen molar-refractivity contribution in [1.82, 2.24) is 9.88 Å². The zero-order valence-corrected chi connectivity index (χ0v) is 21.3. The van der Waals surface area contributed by atoms with Crippen LogP contribution in [0.25, 0.3) is 10.6 Å². The molecule has 0 aliphatic heterocycles. The maximum atomic E-state index is 13.6. The number of hydrogen-bond acceptors (Lipinski definition) is 5. The molecule has 0 aliphatic rings. The van der Waals surface area contributed by atoms with E-state index in [1.54, 1.807) is 17.2 Å². The van der Waals surface area contributed by atoms with E-state index in [2.05, 4.69) is 11.9 Å². The highest BCUT2D eigenvalue weighted by Crippen LogP contribution is 2.28. The van der Waals surface area contributed by atoms with E-state index in [1.165, 1.54) is 23.5 Å². The molecule has 4 aromatic rings. The van der Waals surface area contributed by atoms with Crippen molar-refractivity contribution in [2.75, 3.05) is 6.54 Å². The van der Waals surface area contributed by atoms with Crippen molar-refractivity contribution < 1.29 is 18.7 Å². The van der Waals surface area contributed by atoms with Crippen LogP contribution in [0.5, 0.6) is 0 Å². The third-order valence-corrected chi connectivity index (χ3v) is 7.19. The highest BCUT2D eigenvalue weighted by molar-refractivity contribution is 7.17. The number of benzene rings is 2. The number of hydrogen-bond donors (Lipinski definition) is 2. The molecule has 2 atom stereocenters. The first-order valence-corrected chi connectivity index (χ1v) is 12.9. The zero-order valence-electron chi connectivity index (χ0n) is 20.5. The highest BCUT2D eigenvalue weighted by atomic mass is 32.1. The van der Waals surface area contributed by atoms with E-state index in [9.17, 15) is 18.7 Å². The van der Waals surface area contributed by atoms with Crippen LogP contribution in [0.2, 0.25) is 0 Å². The fourth-order valence-electron chi connectivity index (χ4n) is 4.14. The summed E-state index contributed by atoms with van der Waals surface area (Å²) in [4.78, 5) is 20.9. The maximum Gasteiger partial charge on any atom is 0.264 e. The van der Waals surface area contributed by atoms with Crippen molar-refractivity contribution >= 4 is 17.2 Å². The minimum atomic E-state index is -1.11. The highest BCUT2D eigenvalue weighted by Gasteiger charge is 2.25. The lowest BCUT2D eigenvalue weighted by Crippen LogP contribution is -2.46. The van der Waals surface area contributed by atoms with Gasteiger partial charge in [0, 0.05) is 31.4 Å². The summed E-state index contributed by atoms with van der Waals surface area (Å²) in [6, 6.07) is 19.5. The molecule has 0 aliphatic carbocycles. The Morgan fingerprint density at radius 2 is 1.76 bits per heavy atom. The standard InChI is InChI=1S/C29H29F2N3O2S/c1-2-19-6-5-7-20(12-19)17-34(18-26(35)24(32)15-21-13-22(30)16-23(31)14-21)29(36)28-10-9-27(37-28)25-8-3-4-11-33-25/h3-14,16,24,26,35H,2,15,17-18,32H2,1H3/t24-,26+/m0/s1. The number of thiophene rings is 1. The van der Waals surface area contributed by atoms with Crippen LogP contribution in [0.15, 0.2) is 79.0 Å². The maximum absolute atomic E-state index is 13.6. The van der Waals surface area contributed by atoms with Crippen molar-refractivity contribution in [2.24, 2.45) is 5.73 Å². The first kappa shape index (κ1) is 26.6. The number of aryl methyl sites for hydroxylation is 1. The second-order valence-electron chi connectivity index (χ2n) is 8.95. The monoisotopic (exact) mass is 521 g/mol. The number of aliphatic hydroxyl groups excluding tert-OH is 1. The molecule has 5 nitrogen and oxygen atoms in total. The lowest BCUT2D eigenvalue weighted by atomic mass is 10.0. The van der Waals surface area contributed by atoms with Gasteiger partial charge in [-0.05, 0) is 65.9 Å². The quantitative estimate of drug-likeness (QED) is 0.300. The van der Waals surface area contributed by atoms with Crippen molar-refractivity contribution in [3.63, 3.8) is 0 Å². The van der Waals surface area contributed by atoms with Crippen molar-refractivity contribution in [1.29, 1.82) is 0 Å². The number of pyridine rings is 1. The second-order valence-corrected chi connectivity index (χ2v) is 10.0. The Labute approximate surface area is 219 Å². The van der Waals surface area contributed by atoms with Gasteiger partial charge in [0.1, 0.15) is 11.6 Å². The van der Waals surface area contributed by atoms with Crippen LogP contribution >= 0.6 is 11.3 Å². The SMILES string of the molecule is CCc1cccc(CN(C[C@@H](O)[C@@H](N)Cc2cc(F)cc(F)c2)C(=O)c2ccc(-c3ccccn3)s2)c1. The Bertz CT molecular complexity index is 1330. The van der Waals surface area contributed by atoms with Crippen molar-refractivity contribution in [3.05, 3.63) is 112 Å². The first-order valence-electron chi connectivity index (χ1n) is 12.1. The van der Waals surface area contributed by atoms with Crippen molar-refractivity contribution in [2.45, 2.75) is 38.5 Å². The third-order valence-electron chi connectivity index (χ3n) is 6.09. The van der Waals surface area contributed by atoms with Gasteiger partial charge in [0.2, 0.25) is 0 Å². The predicted octanol–water partition coefficient (Wildman–Crippen LogP) is 5.22. The van der Waals surface area contributed by atoms with E-state index < -0.39 is 23.8 Å². The van der Waals surface area contributed by atoms with Gasteiger partial charge in [-0.3, -0.25) is 9.78 Å². The average molecular weight is 522 g/mol. The van der Waals surface area contributed by atoms with Crippen molar-refractivity contribution in [3.8, 4) is 10.6 Å². The summed E-state index contributed by atoms with van der Waals surface area (Å²) in [6.07, 6.45) is 1.51. The largest absolute Gasteiger partial charge is 0.390 e. The van der Waals surface area contributed by atoms with Crippen LogP contribution < -0.4 is 5.73 Å². The van der Waals surface area contributed by atoms with Crippen LogP contribution in [0.1, 0.15) is 33.3 Å². The molecule has 192 valence electrons. The molecule has 8 heteroatoms. The molecule has 0 unspecified atom stereocenters. The van der Waals surface area contributed by atoms with E-state index in [-0.39, 0.29) is 25.4 Å². The van der Waals surface area contributed by atoms with Gasteiger partial charge < -0.3 is 15.7 Å². The lowest BCUT2D eigenvalue weighted by Gasteiger charge is -2.28. The van der Waals surface area contributed by atoms with Gasteiger partial charge in [-0.1, -0.05) is 37.3 Å². The van der Waals surface area contributed by atoms with Crippen LogP contribution in [0.4, 0.5) is 8.78 Å². The number of halogens is 2. The molecule has 2 heterocycles. The molecule has 4 rings (SSSR count). The molecule has 3 N–H and O–H groups in total. The average Bonchev–Trinajstić information content (AvgIpc) is 3.38. The number of rotatable bonds is 10. The Hall–Kier alpha value is -3.46. The number of nitrogens with zero attached hydrogens (tertiary/aromatic N) is 2. The second kappa shape index (κ2) is 12.2. The molecular formula is C29H29F2N3O2S. The molecule has 0 saturated carbocycles. The molecular weight excluding hydrogens is 492 g/mol. The van der Waals surface area contributed by atoms with E-state index in [4.69, 9.17) is 5.73 Å². The number of nitrogens with two attached hydrogens (primary N) is 1. The van der Waals surface area contributed by atoms with Crippen LogP contribution in [0, 0.1) is 11.6 Å².